The average molecular weight is 487 g/mol. The summed E-state index contributed by atoms with van der Waals surface area (Å²) in [7, 11) is 0. The van der Waals surface area contributed by atoms with Crippen molar-refractivity contribution in [3.63, 3.8) is 0 Å². The maximum absolute atomic E-state index is 12.7. The summed E-state index contributed by atoms with van der Waals surface area (Å²) in [5.74, 6) is 1.53. The molecular weight excluding hydrogens is 466 g/mol. The summed E-state index contributed by atoms with van der Waals surface area (Å²) in [5.41, 5.74) is 7.72. The number of nitrogens with one attached hydrogen (secondary N) is 2. The minimum Gasteiger partial charge on any atom is -0.454 e. The average Bonchev–Trinajstić information content (AvgIpc) is 3.52. The molecule has 5 rings (SSSR count). The van der Waals surface area contributed by atoms with Gasteiger partial charge in [-0.1, -0.05) is 0 Å². The van der Waals surface area contributed by atoms with E-state index in [1.807, 2.05) is 0 Å². The Labute approximate surface area is 205 Å². The fourth-order valence-corrected chi connectivity index (χ4v) is 3.62. The molecule has 2 aliphatic rings. The fraction of sp³-hybridized carbons (Fsp3) is 0.160. The molecule has 2 amide bonds. The number of aromatic nitrogens is 1. The van der Waals surface area contributed by atoms with Crippen LogP contribution >= 0.6 is 0 Å². The lowest BCUT2D eigenvalue weighted by Crippen LogP contribution is -2.23. The normalized spacial score (nSPS) is 13.4. The number of hydrogen-bond donors (Lipinski definition) is 2. The summed E-state index contributed by atoms with van der Waals surface area (Å²) in [4.78, 5) is 29.8. The lowest BCUT2D eigenvalue weighted by atomic mass is 10.1. The number of hydrazone groups is 2. The molecule has 0 spiro atoms. The van der Waals surface area contributed by atoms with Gasteiger partial charge in [-0.2, -0.15) is 10.2 Å². The molecule has 0 bridgehead atoms. The Hall–Kier alpha value is -4.93. The zero-order valence-corrected chi connectivity index (χ0v) is 19.4. The largest absolute Gasteiger partial charge is 0.454 e. The van der Waals surface area contributed by atoms with Crippen LogP contribution in [0.5, 0.6) is 23.0 Å². The van der Waals surface area contributed by atoms with Crippen LogP contribution < -0.4 is 29.8 Å². The van der Waals surface area contributed by atoms with E-state index in [0.29, 0.717) is 34.4 Å². The zero-order valence-electron chi connectivity index (χ0n) is 19.4. The summed E-state index contributed by atoms with van der Waals surface area (Å²) in [6.07, 6.45) is 2.96. The molecule has 3 aromatic rings. The molecule has 1 aromatic heterocycles. The van der Waals surface area contributed by atoms with Crippen LogP contribution in [0.15, 0.2) is 52.7 Å². The third kappa shape index (κ3) is 4.80. The highest BCUT2D eigenvalue weighted by Crippen LogP contribution is 2.32. The number of pyridine rings is 1. The Morgan fingerprint density at radius 2 is 1.17 bits per heavy atom. The number of carbonyl (C=O) groups excluding carboxylic acids is 2. The molecule has 11 heteroatoms. The van der Waals surface area contributed by atoms with E-state index in [-0.39, 0.29) is 24.7 Å². The van der Waals surface area contributed by atoms with Crippen molar-refractivity contribution in [1.29, 1.82) is 0 Å². The lowest BCUT2D eigenvalue weighted by molar-refractivity contribution is 0.0954. The molecule has 2 aliphatic heterocycles. The van der Waals surface area contributed by atoms with Crippen molar-refractivity contribution < 1.29 is 28.5 Å². The summed E-state index contributed by atoms with van der Waals surface area (Å²) in [5, 5.41) is 7.99. The van der Waals surface area contributed by atoms with Crippen molar-refractivity contribution in [2.75, 3.05) is 13.6 Å². The third-order valence-corrected chi connectivity index (χ3v) is 5.45. The van der Waals surface area contributed by atoms with Crippen LogP contribution in [0.2, 0.25) is 0 Å². The minimum absolute atomic E-state index is 0.173. The van der Waals surface area contributed by atoms with Gasteiger partial charge >= 0.3 is 0 Å². The summed E-state index contributed by atoms with van der Waals surface area (Å²) in [6.45, 7) is 3.71. The van der Waals surface area contributed by atoms with E-state index in [4.69, 9.17) is 18.9 Å². The van der Waals surface area contributed by atoms with Crippen LogP contribution in [0.4, 0.5) is 0 Å². The number of carbonyl (C=O) groups is 2. The molecule has 0 fully saturated rings. The van der Waals surface area contributed by atoms with Gasteiger partial charge in [0.1, 0.15) is 0 Å². The van der Waals surface area contributed by atoms with Crippen LogP contribution in [-0.2, 0) is 0 Å². The molecule has 36 heavy (non-hydrogen) atoms. The predicted molar refractivity (Wildman–Crippen MR) is 129 cm³/mol. The standard InChI is InChI=1S/C25H21N5O6/c1-14-18(24(31)29-26-10-16-3-5-20-22(7-16)35-12-33-20)9-19(15(2)28-14)25(32)30-27-11-17-4-6-21-23(8-17)36-13-34-21/h3-11H,12-13H2,1-2H3,(H,29,31)(H,30,32)/b26-10-,27-11-. The molecule has 3 heterocycles. The van der Waals surface area contributed by atoms with Crippen molar-refractivity contribution in [2.24, 2.45) is 10.2 Å². The van der Waals surface area contributed by atoms with Gasteiger partial charge in [0.05, 0.1) is 34.9 Å². The SMILES string of the molecule is Cc1nc(C)c(C(=O)N/N=C\c2ccc3c(c2)OCO3)cc1C(=O)N/N=C\c1ccc2c(c1)OCO2. The van der Waals surface area contributed by atoms with E-state index in [2.05, 4.69) is 26.0 Å². The molecule has 2 aromatic carbocycles. The van der Waals surface area contributed by atoms with Crippen molar-refractivity contribution >= 4 is 24.2 Å². The van der Waals surface area contributed by atoms with E-state index in [9.17, 15) is 9.59 Å². The quantitative estimate of drug-likeness (QED) is 0.403. The molecule has 0 aliphatic carbocycles. The Balaban J connectivity index is 1.24. The van der Waals surface area contributed by atoms with Gasteiger partial charge in [-0.05, 0) is 67.4 Å². The van der Waals surface area contributed by atoms with Crippen LogP contribution in [0.25, 0.3) is 0 Å². The lowest BCUT2D eigenvalue weighted by Gasteiger charge is -2.09. The predicted octanol–water partition coefficient (Wildman–Crippen LogP) is 2.68. The van der Waals surface area contributed by atoms with Crippen LogP contribution in [0, 0.1) is 13.8 Å². The van der Waals surface area contributed by atoms with Crippen molar-refractivity contribution in [1.82, 2.24) is 15.8 Å². The maximum Gasteiger partial charge on any atom is 0.273 e. The second-order valence-corrected chi connectivity index (χ2v) is 7.88. The second-order valence-electron chi connectivity index (χ2n) is 7.88. The van der Waals surface area contributed by atoms with Gasteiger partial charge in [0.25, 0.3) is 11.8 Å². The van der Waals surface area contributed by atoms with Gasteiger partial charge in [0.2, 0.25) is 13.6 Å². The number of aryl methyl sites for hydroxylation is 2. The van der Waals surface area contributed by atoms with Gasteiger partial charge in [-0.25, -0.2) is 10.9 Å². The topological polar surface area (TPSA) is 133 Å². The molecule has 0 unspecified atom stereocenters. The highest BCUT2D eigenvalue weighted by molar-refractivity contribution is 6.01. The van der Waals surface area contributed by atoms with Crippen LogP contribution in [0.3, 0.4) is 0 Å². The van der Waals surface area contributed by atoms with E-state index >= 15 is 0 Å². The highest BCUT2D eigenvalue weighted by atomic mass is 16.7. The number of ether oxygens (including phenoxy) is 4. The second kappa shape index (κ2) is 9.74. The number of hydrogen-bond acceptors (Lipinski definition) is 9. The summed E-state index contributed by atoms with van der Waals surface area (Å²) >= 11 is 0. The van der Waals surface area contributed by atoms with E-state index in [1.54, 1.807) is 50.2 Å². The molecule has 0 saturated heterocycles. The summed E-state index contributed by atoms with van der Waals surface area (Å²) in [6, 6.07) is 12.1. The highest BCUT2D eigenvalue weighted by Gasteiger charge is 2.18. The van der Waals surface area contributed by atoms with Crippen LogP contribution in [-0.4, -0.2) is 42.8 Å². The number of benzene rings is 2. The number of fused-ring (bicyclic) bond motifs is 2. The summed E-state index contributed by atoms with van der Waals surface area (Å²) < 4.78 is 21.2. The minimum atomic E-state index is -0.505. The van der Waals surface area contributed by atoms with E-state index < -0.39 is 11.8 Å². The number of amides is 2. The Morgan fingerprint density at radius 1 is 0.722 bits per heavy atom. The molecule has 182 valence electrons. The van der Waals surface area contributed by atoms with Gasteiger partial charge < -0.3 is 18.9 Å². The number of rotatable bonds is 6. The van der Waals surface area contributed by atoms with Crippen LogP contribution in [0.1, 0.15) is 43.2 Å². The smallest absolute Gasteiger partial charge is 0.273 e. The fourth-order valence-electron chi connectivity index (χ4n) is 3.62. The first kappa shape index (κ1) is 22.8. The van der Waals surface area contributed by atoms with E-state index in [0.717, 1.165) is 11.1 Å². The van der Waals surface area contributed by atoms with Crippen molar-refractivity contribution in [3.8, 4) is 23.0 Å². The van der Waals surface area contributed by atoms with Crippen molar-refractivity contribution in [3.05, 3.63) is 76.1 Å². The molecule has 11 nitrogen and oxygen atoms in total. The first-order chi connectivity index (χ1) is 17.5. The molecule has 0 radical (unpaired) electrons. The van der Waals surface area contributed by atoms with Gasteiger partial charge in [-0.3, -0.25) is 14.6 Å². The van der Waals surface area contributed by atoms with E-state index in [1.165, 1.54) is 18.5 Å². The number of nitrogens with zero attached hydrogens (tertiary/aromatic N) is 3. The molecule has 0 atom stereocenters. The molecular formula is C25H21N5O6. The van der Waals surface area contributed by atoms with Gasteiger partial charge in [0.15, 0.2) is 23.0 Å². The first-order valence-electron chi connectivity index (χ1n) is 10.9. The van der Waals surface area contributed by atoms with Gasteiger partial charge in [0, 0.05) is 0 Å². The zero-order chi connectivity index (χ0) is 25.1. The van der Waals surface area contributed by atoms with Crippen molar-refractivity contribution in [2.45, 2.75) is 13.8 Å². The Kier molecular flexibility index (Phi) is 6.18. The molecule has 2 N–H and O–H groups in total. The molecule has 0 saturated carbocycles. The third-order valence-electron chi connectivity index (χ3n) is 5.45. The van der Waals surface area contributed by atoms with Gasteiger partial charge in [-0.15, -0.1) is 0 Å². The maximum atomic E-state index is 12.7. The Morgan fingerprint density at radius 3 is 1.64 bits per heavy atom. The monoisotopic (exact) mass is 487 g/mol. The Bertz CT molecular complexity index is 1320. The first-order valence-corrected chi connectivity index (χ1v) is 10.9.